The van der Waals surface area contributed by atoms with E-state index in [0.717, 1.165) is 5.69 Å². The quantitative estimate of drug-likeness (QED) is 0.805. The Labute approximate surface area is 152 Å². The van der Waals surface area contributed by atoms with Crippen LogP contribution in [0.3, 0.4) is 0 Å². The van der Waals surface area contributed by atoms with Crippen molar-refractivity contribution in [3.8, 4) is 5.88 Å². The van der Waals surface area contributed by atoms with Crippen LogP contribution in [-0.2, 0) is 29.7 Å². The molecule has 1 N–H and O–H groups in total. The van der Waals surface area contributed by atoms with Gasteiger partial charge in [-0.2, -0.15) is 9.40 Å². The number of pyridine rings is 1. The van der Waals surface area contributed by atoms with Crippen molar-refractivity contribution in [1.82, 2.24) is 24.4 Å². The van der Waals surface area contributed by atoms with E-state index in [0.29, 0.717) is 43.2 Å². The molecule has 3 rings (SSSR count). The van der Waals surface area contributed by atoms with Gasteiger partial charge in [0.25, 0.3) is 5.91 Å². The monoisotopic (exact) mass is 379 g/mol. The zero-order valence-corrected chi connectivity index (χ0v) is 15.5. The van der Waals surface area contributed by atoms with Crippen molar-refractivity contribution < 1.29 is 17.9 Å². The molecular weight excluding hydrogens is 358 g/mol. The minimum Gasteiger partial charge on any atom is -0.481 e. The Morgan fingerprint density at radius 2 is 2.15 bits per heavy atom. The maximum atomic E-state index is 12.3. The number of methoxy groups -OCH3 is 1. The number of ether oxygens (including phenoxy) is 1. The number of hydrogen-bond acceptors (Lipinski definition) is 6. The number of nitrogens with one attached hydrogen (secondary N) is 1. The number of sulfonamides is 1. The molecule has 0 fully saturated rings. The van der Waals surface area contributed by atoms with Crippen LogP contribution in [0, 0.1) is 0 Å². The van der Waals surface area contributed by atoms with Crippen LogP contribution >= 0.6 is 0 Å². The van der Waals surface area contributed by atoms with E-state index in [-0.39, 0.29) is 12.5 Å². The van der Waals surface area contributed by atoms with Crippen LogP contribution in [0.5, 0.6) is 5.88 Å². The summed E-state index contributed by atoms with van der Waals surface area (Å²) in [7, 11) is -1.76. The van der Waals surface area contributed by atoms with Crippen molar-refractivity contribution in [3.63, 3.8) is 0 Å². The van der Waals surface area contributed by atoms with Gasteiger partial charge >= 0.3 is 0 Å². The first-order valence-electron chi connectivity index (χ1n) is 8.16. The smallest absolute Gasteiger partial charge is 0.251 e. The number of carbonyl (C=O) groups is 1. The normalized spacial score (nSPS) is 15.2. The van der Waals surface area contributed by atoms with Crippen LogP contribution in [0.2, 0.25) is 0 Å². The number of aryl methyl sites for hydroxylation is 1. The molecule has 1 amide bonds. The van der Waals surface area contributed by atoms with Crippen LogP contribution in [0.15, 0.2) is 24.4 Å². The Morgan fingerprint density at radius 3 is 2.88 bits per heavy atom. The lowest BCUT2D eigenvalue weighted by atomic mass is 10.2. The molecule has 0 saturated heterocycles. The number of fused-ring (bicyclic) bond motifs is 1. The molecule has 10 heteroatoms. The summed E-state index contributed by atoms with van der Waals surface area (Å²) in [6.07, 6.45) is 3.42. The molecule has 0 unspecified atom stereocenters. The van der Waals surface area contributed by atoms with Gasteiger partial charge < -0.3 is 10.1 Å². The van der Waals surface area contributed by atoms with E-state index < -0.39 is 10.0 Å². The lowest BCUT2D eigenvalue weighted by Gasteiger charge is -2.16. The van der Waals surface area contributed by atoms with Gasteiger partial charge in [-0.05, 0) is 18.6 Å². The first kappa shape index (κ1) is 18.3. The molecule has 9 nitrogen and oxygen atoms in total. The number of amides is 1. The summed E-state index contributed by atoms with van der Waals surface area (Å²) in [6.45, 7) is 1.68. The molecule has 0 aliphatic carbocycles. The van der Waals surface area contributed by atoms with Gasteiger partial charge in [-0.15, -0.1) is 0 Å². The standard InChI is InChI=1S/C16H21N5O4S/c1-25-15-8-12(4-5-17-15)16(22)18-10-13-9-14-11-20(26(2,23)24)6-3-7-21(14)19-13/h4-5,8-9H,3,6-7,10-11H2,1-2H3,(H,18,22). The molecule has 0 radical (unpaired) electrons. The van der Waals surface area contributed by atoms with Crippen molar-refractivity contribution in [2.24, 2.45) is 0 Å². The van der Waals surface area contributed by atoms with Crippen molar-refractivity contribution in [3.05, 3.63) is 41.3 Å². The minimum absolute atomic E-state index is 0.252. The van der Waals surface area contributed by atoms with Gasteiger partial charge in [0.15, 0.2) is 0 Å². The lowest BCUT2D eigenvalue weighted by molar-refractivity contribution is 0.0949. The second kappa shape index (κ2) is 7.42. The van der Waals surface area contributed by atoms with E-state index in [1.54, 1.807) is 12.1 Å². The van der Waals surface area contributed by atoms with Gasteiger partial charge in [-0.3, -0.25) is 9.48 Å². The number of nitrogens with zero attached hydrogens (tertiary/aromatic N) is 4. The van der Waals surface area contributed by atoms with E-state index in [1.807, 2.05) is 10.7 Å². The average molecular weight is 379 g/mol. The largest absolute Gasteiger partial charge is 0.481 e. The molecule has 1 aliphatic rings. The van der Waals surface area contributed by atoms with Crippen molar-refractivity contribution in [2.45, 2.75) is 26.1 Å². The van der Waals surface area contributed by atoms with Crippen LogP contribution in [0.1, 0.15) is 28.2 Å². The highest BCUT2D eigenvalue weighted by Crippen LogP contribution is 2.16. The van der Waals surface area contributed by atoms with Gasteiger partial charge in [0.05, 0.1) is 37.8 Å². The number of aromatic nitrogens is 3. The summed E-state index contributed by atoms with van der Waals surface area (Å²) in [5.41, 5.74) is 1.95. The summed E-state index contributed by atoms with van der Waals surface area (Å²) in [5.74, 6) is 0.110. The molecule has 1 aliphatic heterocycles. The highest BCUT2D eigenvalue weighted by atomic mass is 32.2. The van der Waals surface area contributed by atoms with Crippen LogP contribution in [0.25, 0.3) is 0 Å². The second-order valence-corrected chi connectivity index (χ2v) is 8.05. The minimum atomic E-state index is -3.25. The Balaban J connectivity index is 1.67. The van der Waals surface area contributed by atoms with Crippen LogP contribution < -0.4 is 10.1 Å². The van der Waals surface area contributed by atoms with E-state index in [4.69, 9.17) is 4.74 Å². The van der Waals surface area contributed by atoms with Crippen molar-refractivity contribution >= 4 is 15.9 Å². The van der Waals surface area contributed by atoms with Crippen LogP contribution in [0.4, 0.5) is 0 Å². The SMILES string of the molecule is COc1cc(C(=O)NCc2cc3n(n2)CCCN(S(C)(=O)=O)C3)ccn1. The molecule has 0 saturated carbocycles. The molecule has 0 atom stereocenters. The predicted molar refractivity (Wildman–Crippen MR) is 94.1 cm³/mol. The fourth-order valence-electron chi connectivity index (χ4n) is 2.80. The first-order chi connectivity index (χ1) is 12.4. The molecule has 2 aromatic rings. The molecule has 3 heterocycles. The Kier molecular flexibility index (Phi) is 5.23. The van der Waals surface area contributed by atoms with E-state index in [1.165, 1.54) is 23.9 Å². The molecular formula is C16H21N5O4S. The Hall–Kier alpha value is -2.46. The van der Waals surface area contributed by atoms with Crippen molar-refractivity contribution in [2.75, 3.05) is 19.9 Å². The fourth-order valence-corrected chi connectivity index (χ4v) is 3.62. The molecule has 2 aromatic heterocycles. The van der Waals surface area contributed by atoms with E-state index in [9.17, 15) is 13.2 Å². The molecule has 26 heavy (non-hydrogen) atoms. The zero-order valence-electron chi connectivity index (χ0n) is 14.7. The number of carbonyl (C=O) groups excluding carboxylic acids is 1. The highest BCUT2D eigenvalue weighted by molar-refractivity contribution is 7.88. The van der Waals surface area contributed by atoms with E-state index >= 15 is 0 Å². The average Bonchev–Trinajstić information content (AvgIpc) is 2.88. The Bertz CT molecular complexity index is 909. The van der Waals surface area contributed by atoms with Gasteiger partial charge in [0.1, 0.15) is 0 Å². The molecule has 0 bridgehead atoms. The number of hydrogen-bond donors (Lipinski definition) is 1. The third-order valence-electron chi connectivity index (χ3n) is 4.13. The van der Waals surface area contributed by atoms with Crippen molar-refractivity contribution in [1.29, 1.82) is 0 Å². The maximum Gasteiger partial charge on any atom is 0.251 e. The zero-order chi connectivity index (χ0) is 18.7. The summed E-state index contributed by atoms with van der Waals surface area (Å²) >= 11 is 0. The van der Waals surface area contributed by atoms with Gasteiger partial charge in [0.2, 0.25) is 15.9 Å². The van der Waals surface area contributed by atoms with Gasteiger partial charge in [-0.25, -0.2) is 13.4 Å². The van der Waals surface area contributed by atoms with Gasteiger partial charge in [0, 0.05) is 30.9 Å². The second-order valence-electron chi connectivity index (χ2n) is 6.07. The summed E-state index contributed by atoms with van der Waals surface area (Å²) in [6, 6.07) is 4.99. The fraction of sp³-hybridized carbons (Fsp3) is 0.438. The maximum absolute atomic E-state index is 12.3. The Morgan fingerprint density at radius 1 is 1.35 bits per heavy atom. The third-order valence-corrected chi connectivity index (χ3v) is 5.38. The summed E-state index contributed by atoms with van der Waals surface area (Å²) in [5, 5.41) is 7.27. The molecule has 140 valence electrons. The van der Waals surface area contributed by atoms with Gasteiger partial charge in [-0.1, -0.05) is 0 Å². The first-order valence-corrected chi connectivity index (χ1v) is 10.0. The van der Waals surface area contributed by atoms with E-state index in [2.05, 4.69) is 15.4 Å². The predicted octanol–water partition coefficient (Wildman–Crippen LogP) is 0.382. The summed E-state index contributed by atoms with van der Waals surface area (Å²) < 4.78 is 31.9. The molecule has 0 aromatic carbocycles. The third kappa shape index (κ3) is 4.20. The molecule has 0 spiro atoms. The lowest BCUT2D eigenvalue weighted by Crippen LogP contribution is -2.29. The number of rotatable bonds is 5. The van der Waals surface area contributed by atoms with Crippen LogP contribution in [-0.4, -0.2) is 53.3 Å². The summed E-state index contributed by atoms with van der Waals surface area (Å²) in [4.78, 5) is 16.2. The highest BCUT2D eigenvalue weighted by Gasteiger charge is 2.22. The topological polar surface area (TPSA) is 106 Å².